The predicted octanol–water partition coefficient (Wildman–Crippen LogP) is 3.89. The number of carbonyl (C=O) groups excluding carboxylic acids is 1. The molecule has 2 aliphatic rings. The van der Waals surface area contributed by atoms with Crippen molar-refractivity contribution in [3.8, 4) is 0 Å². The minimum atomic E-state index is 0.233. The number of aryl methyl sites for hydroxylation is 1. The van der Waals surface area contributed by atoms with E-state index in [4.69, 9.17) is 0 Å². The van der Waals surface area contributed by atoms with Gasteiger partial charge in [-0.1, -0.05) is 35.9 Å². The van der Waals surface area contributed by atoms with Crippen molar-refractivity contribution in [1.82, 2.24) is 9.80 Å². The maximum atomic E-state index is 12.2. The summed E-state index contributed by atoms with van der Waals surface area (Å²) in [6, 6.07) is 13.6. The van der Waals surface area contributed by atoms with Crippen molar-refractivity contribution >= 4 is 17.2 Å². The van der Waals surface area contributed by atoms with Crippen LogP contribution >= 0.6 is 11.3 Å². The topological polar surface area (TPSA) is 23.6 Å². The van der Waals surface area contributed by atoms with Gasteiger partial charge in [-0.3, -0.25) is 9.69 Å². The number of rotatable bonds is 3. The fourth-order valence-corrected chi connectivity index (χ4v) is 5.43. The van der Waals surface area contributed by atoms with Crippen molar-refractivity contribution in [2.45, 2.75) is 38.8 Å². The summed E-state index contributed by atoms with van der Waals surface area (Å²) >= 11 is 1.84. The number of hydrogen-bond donors (Lipinski definition) is 0. The third-order valence-corrected chi connectivity index (χ3v) is 6.71. The van der Waals surface area contributed by atoms with Gasteiger partial charge in [0.2, 0.25) is 5.91 Å². The molecule has 0 aliphatic carbocycles. The van der Waals surface area contributed by atoms with Crippen LogP contribution in [0.1, 0.15) is 35.3 Å². The second-order valence-electron chi connectivity index (χ2n) is 7.53. The molecule has 1 aromatic heterocycles. The smallest absolute Gasteiger partial charge is 0.219 e. The first kappa shape index (κ1) is 16.8. The third kappa shape index (κ3) is 3.38. The van der Waals surface area contributed by atoms with Gasteiger partial charge in [-0.05, 0) is 30.4 Å². The van der Waals surface area contributed by atoms with Gasteiger partial charge in [0.15, 0.2) is 0 Å². The van der Waals surface area contributed by atoms with E-state index in [0.717, 1.165) is 32.6 Å². The van der Waals surface area contributed by atoms with Crippen LogP contribution in [-0.2, 0) is 11.3 Å². The molecule has 3 heterocycles. The highest BCUT2D eigenvalue weighted by Gasteiger charge is 2.46. The van der Waals surface area contributed by atoms with Crippen LogP contribution in [0.15, 0.2) is 41.8 Å². The van der Waals surface area contributed by atoms with Crippen molar-refractivity contribution in [2.75, 3.05) is 19.6 Å². The molecule has 0 bridgehead atoms. The second kappa shape index (κ2) is 6.93. The molecular weight excluding hydrogens is 328 g/mol. The van der Waals surface area contributed by atoms with Gasteiger partial charge in [-0.15, -0.1) is 11.3 Å². The van der Waals surface area contributed by atoms with Crippen molar-refractivity contribution in [1.29, 1.82) is 0 Å². The number of likely N-dealkylation sites (tertiary alicyclic amines) is 2. The molecule has 2 aliphatic heterocycles. The minimum Gasteiger partial charge on any atom is -0.339 e. The van der Waals surface area contributed by atoms with Gasteiger partial charge in [0.05, 0.1) is 0 Å². The van der Waals surface area contributed by atoms with Gasteiger partial charge in [0, 0.05) is 55.9 Å². The fourth-order valence-electron chi connectivity index (χ4n) is 4.69. The molecule has 1 aromatic carbocycles. The Morgan fingerprint density at radius 3 is 2.84 bits per heavy atom. The largest absolute Gasteiger partial charge is 0.339 e. The molecule has 0 spiro atoms. The lowest BCUT2D eigenvalue weighted by Gasteiger charge is -2.38. The zero-order valence-corrected chi connectivity index (χ0v) is 15.8. The SMILES string of the molecule is CC(=O)N1C[C@H](c2cccc(C)c2)[C@H]2CN(Cc3cccs3)CC[C@H]21. The molecule has 132 valence electrons. The molecule has 3 nitrogen and oxygen atoms in total. The van der Waals surface area contributed by atoms with E-state index in [1.54, 1.807) is 6.92 Å². The number of carbonyl (C=O) groups is 1. The number of fused-ring (bicyclic) bond motifs is 1. The maximum absolute atomic E-state index is 12.2. The van der Waals surface area contributed by atoms with E-state index in [2.05, 4.69) is 58.5 Å². The molecule has 2 fully saturated rings. The predicted molar refractivity (Wildman–Crippen MR) is 103 cm³/mol. The Bertz CT molecular complexity index is 742. The van der Waals surface area contributed by atoms with Gasteiger partial charge in [0.1, 0.15) is 0 Å². The molecule has 2 saturated heterocycles. The standard InChI is InChI=1S/C21H26N2OS/c1-15-5-3-6-17(11-15)19-14-23(16(2)24)21-8-9-22(13-20(19)21)12-18-7-4-10-25-18/h3-7,10-11,19-21H,8-9,12-14H2,1-2H3/t19-,20-,21-/m1/s1. The van der Waals surface area contributed by atoms with Crippen molar-refractivity contribution in [3.63, 3.8) is 0 Å². The number of nitrogens with zero attached hydrogens (tertiary/aromatic N) is 2. The van der Waals surface area contributed by atoms with Crippen LogP contribution in [0.2, 0.25) is 0 Å². The van der Waals surface area contributed by atoms with Gasteiger partial charge in [-0.25, -0.2) is 0 Å². The minimum absolute atomic E-state index is 0.233. The summed E-state index contributed by atoms with van der Waals surface area (Å²) in [5, 5.41) is 2.16. The third-order valence-electron chi connectivity index (χ3n) is 5.85. The molecule has 1 amide bonds. The Hall–Kier alpha value is -1.65. The molecule has 0 radical (unpaired) electrons. The summed E-state index contributed by atoms with van der Waals surface area (Å²) in [6.07, 6.45) is 1.10. The zero-order valence-electron chi connectivity index (χ0n) is 15.0. The van der Waals surface area contributed by atoms with E-state index in [0.29, 0.717) is 17.9 Å². The summed E-state index contributed by atoms with van der Waals surface area (Å²) in [7, 11) is 0. The van der Waals surface area contributed by atoms with Crippen molar-refractivity contribution in [3.05, 3.63) is 57.8 Å². The molecule has 25 heavy (non-hydrogen) atoms. The lowest BCUT2D eigenvalue weighted by Crippen LogP contribution is -2.47. The molecule has 2 aromatic rings. The first-order valence-corrected chi connectivity index (χ1v) is 10.1. The monoisotopic (exact) mass is 354 g/mol. The number of piperidine rings is 1. The number of hydrogen-bond acceptors (Lipinski definition) is 3. The maximum Gasteiger partial charge on any atom is 0.219 e. The molecule has 0 unspecified atom stereocenters. The van der Waals surface area contributed by atoms with Crippen LogP contribution in [0.25, 0.3) is 0 Å². The second-order valence-corrected chi connectivity index (χ2v) is 8.56. The molecule has 0 saturated carbocycles. The van der Waals surface area contributed by atoms with E-state index < -0.39 is 0 Å². The lowest BCUT2D eigenvalue weighted by atomic mass is 9.81. The number of thiophene rings is 1. The van der Waals surface area contributed by atoms with Gasteiger partial charge >= 0.3 is 0 Å². The fraction of sp³-hybridized carbons (Fsp3) is 0.476. The van der Waals surface area contributed by atoms with Gasteiger partial charge in [-0.2, -0.15) is 0 Å². The summed E-state index contributed by atoms with van der Waals surface area (Å²) in [4.78, 5) is 18.4. The zero-order chi connectivity index (χ0) is 17.4. The van der Waals surface area contributed by atoms with Crippen LogP contribution in [0.3, 0.4) is 0 Å². The van der Waals surface area contributed by atoms with E-state index >= 15 is 0 Å². The van der Waals surface area contributed by atoms with Gasteiger partial charge in [0.25, 0.3) is 0 Å². The first-order chi connectivity index (χ1) is 12.1. The Morgan fingerprint density at radius 1 is 1.24 bits per heavy atom. The summed E-state index contributed by atoms with van der Waals surface area (Å²) < 4.78 is 0. The van der Waals surface area contributed by atoms with E-state index in [-0.39, 0.29) is 5.91 Å². The lowest BCUT2D eigenvalue weighted by molar-refractivity contribution is -0.130. The van der Waals surface area contributed by atoms with Crippen LogP contribution in [0.5, 0.6) is 0 Å². The summed E-state index contributed by atoms with van der Waals surface area (Å²) in [6.45, 7) is 7.98. The van der Waals surface area contributed by atoms with Crippen molar-refractivity contribution < 1.29 is 4.79 Å². The first-order valence-electron chi connectivity index (χ1n) is 9.20. The summed E-state index contributed by atoms with van der Waals surface area (Å²) in [5.74, 6) is 1.23. The van der Waals surface area contributed by atoms with E-state index in [1.807, 2.05) is 11.3 Å². The Morgan fingerprint density at radius 2 is 2.12 bits per heavy atom. The molecule has 4 rings (SSSR count). The van der Waals surface area contributed by atoms with Crippen LogP contribution < -0.4 is 0 Å². The van der Waals surface area contributed by atoms with E-state index in [9.17, 15) is 4.79 Å². The average molecular weight is 355 g/mol. The Kier molecular flexibility index (Phi) is 4.65. The normalized spacial score (nSPS) is 26.6. The van der Waals surface area contributed by atoms with Crippen LogP contribution in [0.4, 0.5) is 0 Å². The highest BCUT2D eigenvalue weighted by atomic mass is 32.1. The number of benzene rings is 1. The molecule has 4 heteroatoms. The average Bonchev–Trinajstić information content (AvgIpc) is 3.22. The number of amides is 1. The molecular formula is C21H26N2OS. The van der Waals surface area contributed by atoms with Crippen LogP contribution in [0, 0.1) is 12.8 Å². The van der Waals surface area contributed by atoms with Crippen LogP contribution in [-0.4, -0.2) is 41.4 Å². The van der Waals surface area contributed by atoms with Gasteiger partial charge < -0.3 is 4.90 Å². The summed E-state index contributed by atoms with van der Waals surface area (Å²) in [5.41, 5.74) is 2.71. The Balaban J connectivity index is 1.57. The molecule has 0 N–H and O–H groups in total. The highest BCUT2D eigenvalue weighted by Crippen LogP contribution is 2.42. The Labute approximate surface area is 154 Å². The highest BCUT2D eigenvalue weighted by molar-refractivity contribution is 7.09. The quantitative estimate of drug-likeness (QED) is 0.835. The molecule has 3 atom stereocenters. The van der Waals surface area contributed by atoms with E-state index in [1.165, 1.54) is 16.0 Å². The van der Waals surface area contributed by atoms with Crippen molar-refractivity contribution in [2.24, 2.45) is 5.92 Å².